The second-order valence-electron chi connectivity index (χ2n) is 34.0. The number of furan rings is 2. The van der Waals surface area contributed by atoms with Crippen molar-refractivity contribution in [2.75, 3.05) is 9.80 Å². The van der Waals surface area contributed by atoms with E-state index >= 15 is 0 Å². The smallest absolute Gasteiger partial charge is 0.211 e. The summed E-state index contributed by atoms with van der Waals surface area (Å²) < 4.78 is 14.5. The van der Waals surface area contributed by atoms with Crippen LogP contribution in [0.4, 0.5) is 39.8 Å². The molecule has 586 valence electrons. The van der Waals surface area contributed by atoms with Crippen molar-refractivity contribution in [2.45, 2.75) is 81.1 Å². The Hall–Kier alpha value is -14.4. The lowest BCUT2D eigenvalue weighted by Crippen LogP contribution is -2.74. The lowest BCUT2D eigenvalue weighted by Gasteiger charge is -2.35. The molecule has 0 fully saturated rings. The van der Waals surface area contributed by atoms with Crippen LogP contribution in [0.3, 0.4) is 0 Å². The molecule has 0 amide bonds. The molecule has 8 heteroatoms. The van der Waals surface area contributed by atoms with Crippen LogP contribution in [-0.4, -0.2) is 16.1 Å². The van der Waals surface area contributed by atoms with Gasteiger partial charge in [0.25, 0.3) is 0 Å². The van der Waals surface area contributed by atoms with Crippen LogP contribution in [0.15, 0.2) is 361 Å². The van der Waals surface area contributed by atoms with E-state index in [0.29, 0.717) is 22.4 Å². The van der Waals surface area contributed by atoms with E-state index < -0.39 is 16.1 Å². The summed E-state index contributed by atoms with van der Waals surface area (Å²) in [4.78, 5) is 9.32. The van der Waals surface area contributed by atoms with E-state index in [2.05, 4.69) is 405 Å². The third-order valence-electron chi connectivity index (χ3n) is 25.8. The molecule has 0 radical (unpaired) electrons. The Morgan fingerprint density at radius 3 is 0.951 bits per heavy atom. The number of aryl methyl sites for hydroxylation is 6. The standard InChI is InChI=1S/C114H90N4O2Si2/c1-71(2)100-68-105(117(103-28-18-25-96-92-21-12-14-30-107(92)119-113(96)103)111-81(70-115)20-16-23-90(111)79-44-60-88(61-45-79)121(82-48-32-73(5)33-49-82,83-50-34-74(6)35-51-83)84-52-36-75(7)37-53-84)98-66-64-95-101(72(3)4)69-106(99-67-65-94(100)109(98)110(95)99)118(104-29-19-26-97-93-22-13-15-31-108(93)120-114(97)104)112-91(24-17-27-102(112)116-11)80-46-62-89(63-47-80)122(85-54-38-76(8)39-55-85,86-56-40-77(9)41-57-86)87-58-42-78(10)43-59-87/h12-69,71-72H,1-10H3. The molecule has 0 aliphatic rings. The minimum absolute atomic E-state index is 0.0182. The molecule has 0 N–H and O–H groups in total. The molecule has 0 bridgehead atoms. The molecule has 0 aliphatic carbocycles. The predicted molar refractivity (Wildman–Crippen MR) is 520 cm³/mol. The molecule has 0 saturated carbocycles. The van der Waals surface area contributed by atoms with Crippen LogP contribution in [0.2, 0.25) is 0 Å². The molecule has 6 nitrogen and oxygen atoms in total. The summed E-state index contributed by atoms with van der Waals surface area (Å²) >= 11 is 0. The van der Waals surface area contributed by atoms with Gasteiger partial charge in [-0.3, -0.25) is 0 Å². The van der Waals surface area contributed by atoms with Gasteiger partial charge in [-0.1, -0.05) is 370 Å². The molecule has 20 rings (SSSR count). The van der Waals surface area contributed by atoms with Gasteiger partial charge in [0.15, 0.2) is 27.3 Å². The molecule has 122 heavy (non-hydrogen) atoms. The molecule has 2 aromatic heterocycles. The number of rotatable bonds is 18. The van der Waals surface area contributed by atoms with Crippen LogP contribution in [0.5, 0.6) is 0 Å². The Morgan fingerprint density at radius 2 is 0.607 bits per heavy atom. The maximum atomic E-state index is 12.1. The molecule has 0 spiro atoms. The summed E-state index contributed by atoms with van der Waals surface area (Å²) in [6.07, 6.45) is 0. The molecule has 20 aromatic rings. The molecule has 18 aromatic carbocycles. The van der Waals surface area contributed by atoms with Gasteiger partial charge in [0.1, 0.15) is 17.2 Å². The lowest BCUT2D eigenvalue weighted by atomic mass is 9.83. The topological polar surface area (TPSA) is 60.9 Å². The summed E-state index contributed by atoms with van der Waals surface area (Å²) in [5, 5.41) is 32.8. The van der Waals surface area contributed by atoms with Gasteiger partial charge in [0.2, 0.25) is 5.69 Å². The van der Waals surface area contributed by atoms with Crippen LogP contribution in [0.1, 0.15) is 89.6 Å². The number of hydrogen-bond donors (Lipinski definition) is 0. The van der Waals surface area contributed by atoms with Crippen LogP contribution in [-0.2, 0) is 0 Å². The SMILES string of the molecule is [C-]#[N+]c1cccc(-c2ccc([Si](c3ccc(C)cc3)(c3ccc(C)cc3)c3ccc(C)cc3)cc2)c1N(c1cc(C(C)C)c2ccc3c(N(c4c(C#N)cccc4-c4ccc([Si](c5ccc(C)cc5)(c5ccc(C)cc5)c5ccc(C)cc5)cc4)c4cccc5c4oc4ccccc45)cc(C(C)C)c4ccc1c2c43)c1cccc2c1oc1ccccc12. The lowest BCUT2D eigenvalue weighted by molar-refractivity contribution is 0.669. The zero-order valence-electron chi connectivity index (χ0n) is 70.2. The number of anilines is 6. The quantitative estimate of drug-likeness (QED) is 0.0371. The minimum Gasteiger partial charge on any atom is -0.454 e. The maximum absolute atomic E-state index is 12.1. The van der Waals surface area contributed by atoms with E-state index in [-0.39, 0.29) is 11.8 Å². The first-order valence-corrected chi connectivity index (χ1v) is 46.4. The van der Waals surface area contributed by atoms with E-state index in [1.807, 2.05) is 36.4 Å². The Bertz CT molecular complexity index is 6880. The van der Waals surface area contributed by atoms with Crippen molar-refractivity contribution in [1.82, 2.24) is 0 Å². The second-order valence-corrected chi connectivity index (χ2v) is 41.6. The molecular weight excluding hydrogens is 1510 g/mol. The van der Waals surface area contributed by atoms with E-state index in [4.69, 9.17) is 8.83 Å². The van der Waals surface area contributed by atoms with Gasteiger partial charge in [0.05, 0.1) is 46.3 Å². The molecule has 0 saturated heterocycles. The fourth-order valence-corrected chi connectivity index (χ4v) is 29.0. The van der Waals surface area contributed by atoms with Crippen LogP contribution < -0.4 is 51.3 Å². The van der Waals surface area contributed by atoms with Crippen molar-refractivity contribution in [3.8, 4) is 28.3 Å². The van der Waals surface area contributed by atoms with Crippen molar-refractivity contribution >= 4 is 174 Å². The highest BCUT2D eigenvalue weighted by Crippen LogP contribution is 2.57. The predicted octanol–water partition coefficient (Wildman–Crippen LogP) is 25.9. The van der Waals surface area contributed by atoms with Gasteiger partial charge >= 0.3 is 0 Å². The van der Waals surface area contributed by atoms with Crippen LogP contribution >= 0.6 is 0 Å². The maximum Gasteiger partial charge on any atom is 0.211 e. The van der Waals surface area contributed by atoms with E-state index in [0.717, 1.165) is 133 Å². The fraction of sp³-hybridized carbons (Fsp3) is 0.105. The zero-order valence-corrected chi connectivity index (χ0v) is 72.2. The van der Waals surface area contributed by atoms with Gasteiger partial charge in [-0.15, -0.1) is 0 Å². The summed E-state index contributed by atoms with van der Waals surface area (Å²) in [6.45, 7) is 31.7. The number of nitrogens with zero attached hydrogens (tertiary/aromatic N) is 4. The Labute approximate surface area is 715 Å². The summed E-state index contributed by atoms with van der Waals surface area (Å²) in [7, 11) is -6.04. The Balaban J connectivity index is 0.848. The van der Waals surface area contributed by atoms with Gasteiger partial charge < -0.3 is 18.6 Å². The van der Waals surface area contributed by atoms with Gasteiger partial charge in [-0.25, -0.2) is 4.85 Å². The van der Waals surface area contributed by atoms with Crippen molar-refractivity contribution in [3.05, 3.63) is 413 Å². The number of hydrogen-bond acceptors (Lipinski definition) is 5. The van der Waals surface area contributed by atoms with E-state index in [1.54, 1.807) is 0 Å². The monoisotopic (exact) mass is 1600 g/mol. The van der Waals surface area contributed by atoms with Crippen molar-refractivity contribution < 1.29 is 8.83 Å². The number of nitriles is 1. The van der Waals surface area contributed by atoms with Crippen molar-refractivity contribution in [3.63, 3.8) is 0 Å². The average Bonchev–Trinajstić information content (AvgIpc) is 0.693. The normalized spacial score (nSPS) is 12.0. The highest BCUT2D eigenvalue weighted by molar-refractivity contribution is 7.20. The van der Waals surface area contributed by atoms with Gasteiger partial charge in [-0.05, 0) is 187 Å². The zero-order chi connectivity index (χ0) is 83.4. The number of benzene rings is 18. The highest BCUT2D eigenvalue weighted by atomic mass is 28.3. The summed E-state index contributed by atoms with van der Waals surface area (Å²) in [6, 6.07) is 133. The number of para-hydroxylation sites is 6. The fourth-order valence-electron chi connectivity index (χ4n) is 19.7. The molecule has 0 aliphatic heterocycles. The Kier molecular flexibility index (Phi) is 19.0. The van der Waals surface area contributed by atoms with E-state index in [9.17, 15) is 11.8 Å². The van der Waals surface area contributed by atoms with Gasteiger partial charge in [-0.2, -0.15) is 5.26 Å². The van der Waals surface area contributed by atoms with E-state index in [1.165, 1.54) is 74.9 Å². The first-order valence-electron chi connectivity index (χ1n) is 42.4. The van der Waals surface area contributed by atoms with Crippen molar-refractivity contribution in [1.29, 1.82) is 5.26 Å². The van der Waals surface area contributed by atoms with Crippen LogP contribution in [0, 0.1) is 59.4 Å². The third kappa shape index (κ3) is 12.4. The average molecular weight is 1600 g/mol. The van der Waals surface area contributed by atoms with Crippen LogP contribution in [0.25, 0.3) is 103 Å². The minimum atomic E-state index is -3.02. The highest BCUT2D eigenvalue weighted by Gasteiger charge is 2.44. The first kappa shape index (κ1) is 76.3. The Morgan fingerprint density at radius 1 is 0.303 bits per heavy atom. The second kappa shape index (κ2) is 30.5. The van der Waals surface area contributed by atoms with Gasteiger partial charge in [0, 0.05) is 37.9 Å². The number of fused-ring (bicyclic) bond motifs is 6. The largest absolute Gasteiger partial charge is 0.454 e. The first-order chi connectivity index (χ1) is 59.5. The van der Waals surface area contributed by atoms with Crippen molar-refractivity contribution in [2.24, 2.45) is 0 Å². The molecular formula is C114H90N4O2Si2. The molecule has 0 unspecified atom stereocenters. The third-order valence-corrected chi connectivity index (χ3v) is 35.4. The summed E-state index contributed by atoms with van der Waals surface area (Å²) in [5.41, 5.74) is 22.2. The molecule has 2 heterocycles. The summed E-state index contributed by atoms with van der Waals surface area (Å²) in [5.74, 6) is 0.0381. The molecule has 0 atom stereocenters.